The lowest BCUT2D eigenvalue weighted by atomic mass is 10.1. The minimum absolute atomic E-state index is 0.213. The summed E-state index contributed by atoms with van der Waals surface area (Å²) in [6.07, 6.45) is 0.542. The molecule has 146 valence electrons. The molecule has 0 amide bonds. The molecule has 0 bridgehead atoms. The third kappa shape index (κ3) is 5.29. The highest BCUT2D eigenvalue weighted by Gasteiger charge is 2.09. The number of benzene rings is 2. The summed E-state index contributed by atoms with van der Waals surface area (Å²) >= 11 is 5.89. The minimum atomic E-state index is -0.213. The molecule has 8 heteroatoms. The minimum Gasteiger partial charge on any atom is -0.356 e. The average Bonchev–Trinajstić information content (AvgIpc) is 3.16. The first-order valence-electron chi connectivity index (χ1n) is 8.83. The second kappa shape index (κ2) is 9.32. The Labute approximate surface area is 167 Å². The Morgan fingerprint density at radius 2 is 1.96 bits per heavy atom. The van der Waals surface area contributed by atoms with Gasteiger partial charge in [0.15, 0.2) is 5.96 Å². The molecule has 1 aromatic heterocycles. The van der Waals surface area contributed by atoms with E-state index in [0.717, 1.165) is 11.1 Å². The highest BCUT2D eigenvalue weighted by atomic mass is 35.5. The monoisotopic (exact) mass is 401 g/mol. The smallest absolute Gasteiger partial charge is 0.228 e. The number of hydrogen-bond acceptors (Lipinski definition) is 4. The van der Waals surface area contributed by atoms with Gasteiger partial charge in [-0.1, -0.05) is 28.9 Å². The second-order valence-corrected chi connectivity index (χ2v) is 6.64. The van der Waals surface area contributed by atoms with Crippen LogP contribution in [0.1, 0.15) is 17.0 Å². The number of aliphatic imine (C=N–C) groups is 1. The van der Waals surface area contributed by atoms with Crippen molar-refractivity contribution in [2.45, 2.75) is 19.9 Å². The predicted octanol–water partition coefficient (Wildman–Crippen LogP) is 3.75. The summed E-state index contributed by atoms with van der Waals surface area (Å²) < 4.78 is 18.9. The Hall–Kier alpha value is -2.93. The van der Waals surface area contributed by atoms with Crippen LogP contribution < -0.4 is 10.6 Å². The van der Waals surface area contributed by atoms with Crippen LogP contribution in [-0.2, 0) is 13.0 Å². The van der Waals surface area contributed by atoms with Gasteiger partial charge in [0.25, 0.3) is 0 Å². The zero-order valence-corrected chi connectivity index (χ0v) is 16.4. The molecule has 28 heavy (non-hydrogen) atoms. The number of nitrogens with zero attached hydrogens (tertiary/aromatic N) is 3. The van der Waals surface area contributed by atoms with E-state index in [1.54, 1.807) is 32.2 Å². The highest BCUT2D eigenvalue weighted by molar-refractivity contribution is 6.30. The van der Waals surface area contributed by atoms with E-state index in [1.165, 1.54) is 6.07 Å². The van der Waals surface area contributed by atoms with Crippen LogP contribution in [0.4, 0.5) is 4.39 Å². The maximum atomic E-state index is 13.6. The van der Waals surface area contributed by atoms with E-state index in [9.17, 15) is 4.39 Å². The van der Waals surface area contributed by atoms with Gasteiger partial charge in [-0.05, 0) is 48.4 Å². The zero-order chi connectivity index (χ0) is 19.9. The molecule has 0 aliphatic carbocycles. The number of guanidine groups is 1. The lowest BCUT2D eigenvalue weighted by Gasteiger charge is -2.11. The summed E-state index contributed by atoms with van der Waals surface area (Å²) in [6.45, 7) is 2.77. The largest absolute Gasteiger partial charge is 0.356 e. The summed E-state index contributed by atoms with van der Waals surface area (Å²) in [5.74, 6) is 1.44. The molecule has 3 aromatic rings. The third-order valence-corrected chi connectivity index (χ3v) is 4.37. The average molecular weight is 402 g/mol. The lowest BCUT2D eigenvalue weighted by molar-refractivity contribution is 0.378. The van der Waals surface area contributed by atoms with E-state index < -0.39 is 0 Å². The van der Waals surface area contributed by atoms with Crippen LogP contribution in [0, 0.1) is 12.7 Å². The van der Waals surface area contributed by atoms with Crippen LogP contribution in [-0.4, -0.2) is 29.7 Å². The third-order valence-electron chi connectivity index (χ3n) is 4.12. The van der Waals surface area contributed by atoms with Gasteiger partial charge in [-0.25, -0.2) is 4.39 Å². The van der Waals surface area contributed by atoms with E-state index in [-0.39, 0.29) is 5.82 Å². The van der Waals surface area contributed by atoms with Gasteiger partial charge in [-0.3, -0.25) is 4.99 Å². The molecule has 0 spiro atoms. The van der Waals surface area contributed by atoms with Crippen molar-refractivity contribution < 1.29 is 8.91 Å². The van der Waals surface area contributed by atoms with Gasteiger partial charge in [-0.2, -0.15) is 4.98 Å². The summed E-state index contributed by atoms with van der Waals surface area (Å²) in [5.41, 5.74) is 2.31. The first kappa shape index (κ1) is 19.8. The molecular formula is C20H21ClFN5O. The Morgan fingerprint density at radius 1 is 1.18 bits per heavy atom. The quantitative estimate of drug-likeness (QED) is 0.486. The first-order chi connectivity index (χ1) is 13.5. The number of rotatable bonds is 6. The first-order valence-corrected chi connectivity index (χ1v) is 9.21. The molecule has 0 fully saturated rings. The predicted molar refractivity (Wildman–Crippen MR) is 108 cm³/mol. The summed E-state index contributed by atoms with van der Waals surface area (Å²) in [7, 11) is 1.68. The fourth-order valence-corrected chi connectivity index (χ4v) is 2.64. The van der Waals surface area contributed by atoms with Crippen LogP contribution >= 0.6 is 11.6 Å². The van der Waals surface area contributed by atoms with Crippen molar-refractivity contribution in [2.75, 3.05) is 13.6 Å². The van der Waals surface area contributed by atoms with Crippen LogP contribution in [0.3, 0.4) is 0 Å². The Balaban J connectivity index is 1.48. The van der Waals surface area contributed by atoms with Crippen molar-refractivity contribution in [3.05, 3.63) is 70.3 Å². The summed E-state index contributed by atoms with van der Waals surface area (Å²) in [5, 5.41) is 11.0. The Morgan fingerprint density at radius 3 is 2.68 bits per heavy atom. The molecule has 1 heterocycles. The fourth-order valence-electron chi connectivity index (χ4n) is 2.51. The fraction of sp³-hybridized carbons (Fsp3) is 0.250. The molecule has 0 radical (unpaired) electrons. The topological polar surface area (TPSA) is 75.3 Å². The summed E-state index contributed by atoms with van der Waals surface area (Å²) in [6, 6.07) is 12.4. The molecule has 0 unspecified atom stereocenters. The SMILES string of the molecule is CN=C(NCCc1nc(-c2ccc(Cl)cc2)no1)NCc1ccc(C)c(F)c1. The van der Waals surface area contributed by atoms with Crippen molar-refractivity contribution in [1.82, 2.24) is 20.8 Å². The van der Waals surface area contributed by atoms with Crippen molar-refractivity contribution in [2.24, 2.45) is 4.99 Å². The van der Waals surface area contributed by atoms with E-state index in [4.69, 9.17) is 16.1 Å². The molecule has 0 aliphatic heterocycles. The van der Waals surface area contributed by atoms with Gasteiger partial charge >= 0.3 is 0 Å². The van der Waals surface area contributed by atoms with Crippen LogP contribution in [0.15, 0.2) is 52.0 Å². The van der Waals surface area contributed by atoms with Crippen LogP contribution in [0.2, 0.25) is 5.02 Å². The molecule has 0 atom stereocenters. The van der Waals surface area contributed by atoms with Gasteiger partial charge in [0, 0.05) is 37.1 Å². The maximum Gasteiger partial charge on any atom is 0.228 e. The molecule has 0 saturated carbocycles. The highest BCUT2D eigenvalue weighted by Crippen LogP contribution is 2.18. The standard InChI is InChI=1S/C20H21ClFN5O/c1-13-3-4-14(11-17(13)22)12-25-20(23-2)24-10-9-18-26-19(27-28-18)15-5-7-16(21)8-6-15/h3-8,11H,9-10,12H2,1-2H3,(H2,23,24,25). The van der Waals surface area contributed by atoms with E-state index >= 15 is 0 Å². The molecule has 0 saturated heterocycles. The van der Waals surface area contributed by atoms with Crippen molar-refractivity contribution in [3.63, 3.8) is 0 Å². The molecule has 6 nitrogen and oxygen atoms in total. The van der Waals surface area contributed by atoms with Crippen LogP contribution in [0.25, 0.3) is 11.4 Å². The van der Waals surface area contributed by atoms with Gasteiger partial charge in [0.05, 0.1) is 0 Å². The molecular weight excluding hydrogens is 381 g/mol. The molecule has 2 aromatic carbocycles. The number of hydrogen-bond donors (Lipinski definition) is 2. The Kier molecular flexibility index (Phi) is 6.60. The zero-order valence-electron chi connectivity index (χ0n) is 15.7. The van der Waals surface area contributed by atoms with Gasteiger partial charge < -0.3 is 15.2 Å². The van der Waals surface area contributed by atoms with Crippen molar-refractivity contribution >= 4 is 17.6 Å². The summed E-state index contributed by atoms with van der Waals surface area (Å²) in [4.78, 5) is 8.54. The van der Waals surface area contributed by atoms with Gasteiger partial charge in [-0.15, -0.1) is 0 Å². The number of nitrogens with one attached hydrogen (secondary N) is 2. The van der Waals surface area contributed by atoms with Gasteiger partial charge in [0.1, 0.15) is 5.82 Å². The van der Waals surface area contributed by atoms with Crippen LogP contribution in [0.5, 0.6) is 0 Å². The number of halogens is 2. The molecule has 0 aliphatic rings. The number of aromatic nitrogens is 2. The maximum absolute atomic E-state index is 13.6. The van der Waals surface area contributed by atoms with Crippen molar-refractivity contribution in [1.29, 1.82) is 0 Å². The second-order valence-electron chi connectivity index (χ2n) is 6.20. The number of aryl methyl sites for hydroxylation is 1. The van der Waals surface area contributed by atoms with Crippen molar-refractivity contribution in [3.8, 4) is 11.4 Å². The lowest BCUT2D eigenvalue weighted by Crippen LogP contribution is -2.37. The van der Waals surface area contributed by atoms with E-state index in [1.807, 2.05) is 18.2 Å². The van der Waals surface area contributed by atoms with E-state index in [0.29, 0.717) is 47.8 Å². The molecule has 3 rings (SSSR count). The van der Waals surface area contributed by atoms with Gasteiger partial charge in [0.2, 0.25) is 11.7 Å². The molecule has 2 N–H and O–H groups in total. The normalized spacial score (nSPS) is 11.5. The Bertz CT molecular complexity index is 955. The van der Waals surface area contributed by atoms with E-state index in [2.05, 4.69) is 25.8 Å².